The number of thioether (sulfide) groups is 1. The van der Waals surface area contributed by atoms with E-state index in [1.807, 2.05) is 43.5 Å². The molecule has 8 heteroatoms. The summed E-state index contributed by atoms with van der Waals surface area (Å²) in [6.07, 6.45) is 0. The summed E-state index contributed by atoms with van der Waals surface area (Å²) in [6, 6.07) is 10.5. The first-order chi connectivity index (χ1) is 12.7. The quantitative estimate of drug-likeness (QED) is 0.503. The summed E-state index contributed by atoms with van der Waals surface area (Å²) >= 11 is 1.35. The largest absolute Gasteiger partial charge is 0.319 e. The van der Waals surface area contributed by atoms with Crippen molar-refractivity contribution in [3.8, 4) is 0 Å². The number of imidazole rings is 1. The zero-order valence-corrected chi connectivity index (χ0v) is 17.0. The molecule has 27 heavy (non-hydrogen) atoms. The molecule has 3 aromatic rings. The molecule has 2 aromatic carbocycles. The number of carbonyl (C=O) groups is 1. The van der Waals surface area contributed by atoms with Crippen LogP contribution in [0.4, 0.5) is 0 Å². The van der Waals surface area contributed by atoms with E-state index >= 15 is 0 Å². The number of primary sulfonamides is 1. The minimum atomic E-state index is -3.79. The number of aromatic nitrogens is 2. The lowest BCUT2D eigenvalue weighted by Gasteiger charge is -2.07. The van der Waals surface area contributed by atoms with Gasteiger partial charge in [0.05, 0.1) is 21.7 Å². The molecule has 1 heterocycles. The summed E-state index contributed by atoms with van der Waals surface area (Å²) in [5.74, 6) is 0.302. The molecular formula is C19H21N3O3S2. The van der Waals surface area contributed by atoms with E-state index in [0.717, 1.165) is 22.2 Å². The van der Waals surface area contributed by atoms with Gasteiger partial charge in [-0.25, -0.2) is 18.5 Å². The first kappa shape index (κ1) is 19.6. The van der Waals surface area contributed by atoms with E-state index in [4.69, 9.17) is 5.14 Å². The fraction of sp³-hybridized carbons (Fsp3) is 0.263. The summed E-state index contributed by atoms with van der Waals surface area (Å²) in [6.45, 7) is 6.52. The maximum Gasteiger partial charge on any atom is 0.238 e. The highest BCUT2D eigenvalue weighted by atomic mass is 32.2. The van der Waals surface area contributed by atoms with Crippen LogP contribution in [0, 0.1) is 13.8 Å². The number of nitrogens with zero attached hydrogens (tertiary/aromatic N) is 2. The number of benzene rings is 2. The maximum absolute atomic E-state index is 12.6. The van der Waals surface area contributed by atoms with Crippen LogP contribution in [-0.2, 0) is 16.6 Å². The summed E-state index contributed by atoms with van der Waals surface area (Å²) < 4.78 is 25.1. The second-order valence-electron chi connectivity index (χ2n) is 6.36. The van der Waals surface area contributed by atoms with Gasteiger partial charge in [-0.2, -0.15) is 0 Å². The molecule has 0 bridgehead atoms. The fourth-order valence-corrected chi connectivity index (χ4v) is 4.42. The third-order valence-electron chi connectivity index (χ3n) is 4.36. The predicted molar refractivity (Wildman–Crippen MR) is 108 cm³/mol. The minimum Gasteiger partial charge on any atom is -0.319 e. The average molecular weight is 404 g/mol. The Hall–Kier alpha value is -2.16. The standard InChI is InChI=1S/C19H21N3O3S2/c1-4-22-17-8-7-14(27(20,24)25)10-16(17)21-19(22)26-11-18(23)15-9-12(2)5-6-13(15)3/h5-10H,4,11H2,1-3H3,(H2,20,24,25). The second kappa shape index (κ2) is 7.46. The molecule has 142 valence electrons. The molecular weight excluding hydrogens is 382 g/mol. The molecule has 0 fully saturated rings. The summed E-state index contributed by atoms with van der Waals surface area (Å²) in [5.41, 5.74) is 4.08. The molecule has 6 nitrogen and oxygen atoms in total. The number of carbonyl (C=O) groups excluding carboxylic acids is 1. The molecule has 2 N–H and O–H groups in total. The van der Waals surface area contributed by atoms with E-state index < -0.39 is 10.0 Å². The molecule has 0 aliphatic heterocycles. The highest BCUT2D eigenvalue weighted by Crippen LogP contribution is 2.27. The van der Waals surface area contributed by atoms with Crippen LogP contribution in [0.15, 0.2) is 46.5 Å². The van der Waals surface area contributed by atoms with Crippen molar-refractivity contribution in [3.05, 3.63) is 53.1 Å². The molecule has 0 atom stereocenters. The van der Waals surface area contributed by atoms with E-state index in [1.165, 1.54) is 23.9 Å². The molecule has 0 amide bonds. The highest BCUT2D eigenvalue weighted by molar-refractivity contribution is 7.99. The van der Waals surface area contributed by atoms with Crippen molar-refractivity contribution in [1.82, 2.24) is 9.55 Å². The molecule has 0 saturated carbocycles. The number of sulfonamides is 1. The Morgan fingerprint density at radius 1 is 1.19 bits per heavy atom. The lowest BCUT2D eigenvalue weighted by Crippen LogP contribution is -2.11. The third-order valence-corrected chi connectivity index (χ3v) is 6.24. The summed E-state index contributed by atoms with van der Waals surface area (Å²) in [7, 11) is -3.79. The topological polar surface area (TPSA) is 95.0 Å². The van der Waals surface area contributed by atoms with E-state index in [9.17, 15) is 13.2 Å². The van der Waals surface area contributed by atoms with Crippen LogP contribution < -0.4 is 5.14 Å². The normalized spacial score (nSPS) is 11.9. The van der Waals surface area contributed by atoms with Crippen LogP contribution in [0.5, 0.6) is 0 Å². The number of Topliss-reactive ketones (excluding diaryl/α,β-unsaturated/α-hetero) is 1. The molecule has 3 rings (SSSR count). The Morgan fingerprint density at radius 2 is 1.93 bits per heavy atom. The molecule has 1 aromatic heterocycles. The average Bonchev–Trinajstić information content (AvgIpc) is 2.97. The lowest BCUT2D eigenvalue weighted by molar-refractivity contribution is 0.102. The zero-order chi connectivity index (χ0) is 19.8. The van der Waals surface area contributed by atoms with Crippen molar-refractivity contribution < 1.29 is 13.2 Å². The van der Waals surface area contributed by atoms with Crippen molar-refractivity contribution in [2.75, 3.05) is 5.75 Å². The van der Waals surface area contributed by atoms with Gasteiger partial charge in [-0.3, -0.25) is 4.79 Å². The highest BCUT2D eigenvalue weighted by Gasteiger charge is 2.16. The Kier molecular flexibility index (Phi) is 5.41. The van der Waals surface area contributed by atoms with Crippen LogP contribution in [0.3, 0.4) is 0 Å². The van der Waals surface area contributed by atoms with Gasteiger partial charge in [0.15, 0.2) is 10.9 Å². The van der Waals surface area contributed by atoms with Gasteiger partial charge in [0.25, 0.3) is 0 Å². The summed E-state index contributed by atoms with van der Waals surface area (Å²) in [5, 5.41) is 5.88. The van der Waals surface area contributed by atoms with Crippen molar-refractivity contribution >= 4 is 38.6 Å². The number of fused-ring (bicyclic) bond motifs is 1. The van der Waals surface area contributed by atoms with Crippen molar-refractivity contribution in [1.29, 1.82) is 0 Å². The van der Waals surface area contributed by atoms with Gasteiger partial charge in [0.2, 0.25) is 10.0 Å². The number of hydrogen-bond donors (Lipinski definition) is 1. The first-order valence-electron chi connectivity index (χ1n) is 8.47. The van der Waals surface area contributed by atoms with Gasteiger partial charge in [0, 0.05) is 12.1 Å². The zero-order valence-electron chi connectivity index (χ0n) is 15.4. The molecule has 0 aliphatic rings. The van der Waals surface area contributed by atoms with E-state index in [2.05, 4.69) is 4.98 Å². The van der Waals surface area contributed by atoms with Crippen LogP contribution in [-0.4, -0.2) is 29.5 Å². The lowest BCUT2D eigenvalue weighted by atomic mass is 10.0. The fourth-order valence-electron chi connectivity index (χ4n) is 2.92. The molecule has 0 radical (unpaired) electrons. The maximum atomic E-state index is 12.6. The van der Waals surface area contributed by atoms with Crippen molar-refractivity contribution in [3.63, 3.8) is 0 Å². The number of ketones is 1. The van der Waals surface area contributed by atoms with Crippen molar-refractivity contribution in [2.45, 2.75) is 37.4 Å². The smallest absolute Gasteiger partial charge is 0.238 e. The minimum absolute atomic E-state index is 0.0266. The van der Waals surface area contributed by atoms with Crippen LogP contribution in [0.1, 0.15) is 28.4 Å². The van der Waals surface area contributed by atoms with Gasteiger partial charge >= 0.3 is 0 Å². The van der Waals surface area contributed by atoms with E-state index in [1.54, 1.807) is 6.07 Å². The Morgan fingerprint density at radius 3 is 2.59 bits per heavy atom. The van der Waals surface area contributed by atoms with Gasteiger partial charge in [-0.15, -0.1) is 0 Å². The number of aryl methyl sites for hydroxylation is 3. The Bertz CT molecular complexity index is 1130. The number of nitrogens with two attached hydrogens (primary N) is 1. The number of hydrogen-bond acceptors (Lipinski definition) is 5. The Balaban J connectivity index is 1.90. The molecule has 0 unspecified atom stereocenters. The van der Waals surface area contributed by atoms with Crippen molar-refractivity contribution in [2.24, 2.45) is 5.14 Å². The monoisotopic (exact) mass is 403 g/mol. The molecule has 0 aliphatic carbocycles. The molecule has 0 saturated heterocycles. The van der Waals surface area contributed by atoms with E-state index in [0.29, 0.717) is 17.2 Å². The predicted octanol–water partition coefficient (Wildman–Crippen LogP) is 3.30. The summed E-state index contributed by atoms with van der Waals surface area (Å²) in [4.78, 5) is 17.2. The second-order valence-corrected chi connectivity index (χ2v) is 8.87. The number of rotatable bonds is 6. The third kappa shape index (κ3) is 4.07. The van der Waals surface area contributed by atoms with Gasteiger partial charge in [0.1, 0.15) is 0 Å². The Labute approximate surface area is 162 Å². The van der Waals surface area contributed by atoms with Gasteiger partial charge < -0.3 is 4.57 Å². The van der Waals surface area contributed by atoms with Gasteiger partial charge in [-0.05, 0) is 50.6 Å². The van der Waals surface area contributed by atoms with Crippen LogP contribution in [0.2, 0.25) is 0 Å². The van der Waals surface area contributed by atoms with Gasteiger partial charge in [-0.1, -0.05) is 29.5 Å². The van der Waals surface area contributed by atoms with E-state index in [-0.39, 0.29) is 16.4 Å². The molecule has 0 spiro atoms. The van der Waals surface area contributed by atoms with Crippen LogP contribution >= 0.6 is 11.8 Å². The SMILES string of the molecule is CCn1c(SCC(=O)c2cc(C)ccc2C)nc2cc(S(N)(=O)=O)ccc21. The van der Waals surface area contributed by atoms with Crippen LogP contribution in [0.25, 0.3) is 11.0 Å². The first-order valence-corrected chi connectivity index (χ1v) is 11.0.